The molecule has 66 valence electrons. The molecule has 0 spiro atoms. The minimum absolute atomic E-state index is 0.612. The zero-order valence-electron chi connectivity index (χ0n) is 7.93. The summed E-state index contributed by atoms with van der Waals surface area (Å²) in [6, 6.07) is 1.33. The van der Waals surface area contributed by atoms with Crippen molar-refractivity contribution in [2.75, 3.05) is 0 Å². The van der Waals surface area contributed by atoms with E-state index >= 15 is 0 Å². The van der Waals surface area contributed by atoms with E-state index in [9.17, 15) is 0 Å². The molecule has 0 aromatic rings. The number of nitrogens with one attached hydrogen (secondary N) is 1. The van der Waals surface area contributed by atoms with Gasteiger partial charge >= 0.3 is 0 Å². The highest BCUT2D eigenvalue weighted by molar-refractivity contribution is 5.37. The molecule has 0 aromatic heterocycles. The summed E-state index contributed by atoms with van der Waals surface area (Å²) in [5, 5.41) is 3.57. The molecule has 12 heavy (non-hydrogen) atoms. The van der Waals surface area contributed by atoms with Gasteiger partial charge in [0, 0.05) is 18.0 Å². The molecule has 1 saturated carbocycles. The zero-order valence-corrected chi connectivity index (χ0v) is 7.93. The molecule has 1 heterocycles. The molecule has 1 heteroatoms. The lowest BCUT2D eigenvalue weighted by Gasteiger charge is -2.42. The highest BCUT2D eigenvalue weighted by atomic mass is 15.1. The molecule has 1 aliphatic heterocycles. The topological polar surface area (TPSA) is 12.0 Å². The van der Waals surface area contributed by atoms with Crippen LogP contribution in [0.4, 0.5) is 0 Å². The zero-order chi connectivity index (χ0) is 8.72. The second kappa shape index (κ2) is 2.74. The minimum atomic E-state index is 0.612. The Bertz CT molecular complexity index is 239. The molecule has 2 rings (SSSR count). The Hall–Kier alpha value is -0.560. The molecule has 0 radical (unpaired) electrons. The predicted octanol–water partition coefficient (Wildman–Crippen LogP) is 2.26. The van der Waals surface area contributed by atoms with Crippen LogP contribution in [0.3, 0.4) is 0 Å². The summed E-state index contributed by atoms with van der Waals surface area (Å²) in [7, 11) is 0. The van der Waals surface area contributed by atoms with Gasteiger partial charge < -0.3 is 5.32 Å². The Kier molecular flexibility index (Phi) is 1.84. The summed E-state index contributed by atoms with van der Waals surface area (Å²) in [5.74, 6) is 0.785. The smallest absolute Gasteiger partial charge is 0.0363 e. The van der Waals surface area contributed by atoms with Gasteiger partial charge in [0.25, 0.3) is 0 Å². The first-order valence-electron chi connectivity index (χ1n) is 4.86. The summed E-state index contributed by atoms with van der Waals surface area (Å²) in [4.78, 5) is 0. The minimum Gasteiger partial charge on any atom is -0.306 e. The van der Waals surface area contributed by atoms with E-state index in [0.29, 0.717) is 6.04 Å². The van der Waals surface area contributed by atoms with Crippen molar-refractivity contribution in [2.24, 2.45) is 5.92 Å². The van der Waals surface area contributed by atoms with Crippen LogP contribution < -0.4 is 5.32 Å². The van der Waals surface area contributed by atoms with Crippen LogP contribution in [-0.2, 0) is 0 Å². The Morgan fingerprint density at radius 3 is 3.00 bits per heavy atom. The maximum Gasteiger partial charge on any atom is 0.0363 e. The Morgan fingerprint density at radius 2 is 2.42 bits per heavy atom. The van der Waals surface area contributed by atoms with E-state index in [4.69, 9.17) is 0 Å². The molecular formula is C11H17N. The van der Waals surface area contributed by atoms with Gasteiger partial charge in [-0.05, 0) is 19.8 Å². The highest BCUT2D eigenvalue weighted by Gasteiger charge is 2.46. The van der Waals surface area contributed by atoms with Crippen LogP contribution in [0, 0.1) is 5.92 Å². The van der Waals surface area contributed by atoms with E-state index in [-0.39, 0.29) is 0 Å². The van der Waals surface area contributed by atoms with E-state index < -0.39 is 0 Å². The normalized spacial score (nSPS) is 43.0. The number of hydrogen-bond donors (Lipinski definition) is 1. The van der Waals surface area contributed by atoms with Crippen molar-refractivity contribution in [1.29, 1.82) is 0 Å². The van der Waals surface area contributed by atoms with Crippen molar-refractivity contribution < 1.29 is 0 Å². The average Bonchev–Trinajstić information content (AvgIpc) is 2.24. The lowest BCUT2D eigenvalue weighted by Crippen LogP contribution is -2.59. The fourth-order valence-electron chi connectivity index (χ4n) is 2.55. The molecule has 2 aliphatic rings. The number of fused-ring (bicyclic) bond motifs is 1. The van der Waals surface area contributed by atoms with E-state index in [1.807, 2.05) is 0 Å². The third kappa shape index (κ3) is 0.893. The first-order valence-corrected chi connectivity index (χ1v) is 4.86. The maximum atomic E-state index is 4.10. The van der Waals surface area contributed by atoms with Crippen molar-refractivity contribution in [3.63, 3.8) is 0 Å². The summed E-state index contributed by atoms with van der Waals surface area (Å²) in [6.07, 6.45) is 4.65. The van der Waals surface area contributed by atoms with Crippen LogP contribution >= 0.6 is 0 Å². The SMILES string of the molecule is C=C1C/C(=C/C)C2C1N[C@H]2CC. The molecule has 1 saturated heterocycles. The van der Waals surface area contributed by atoms with Crippen molar-refractivity contribution in [3.8, 4) is 0 Å². The van der Waals surface area contributed by atoms with Crippen LogP contribution in [0.15, 0.2) is 23.8 Å². The van der Waals surface area contributed by atoms with Crippen molar-refractivity contribution in [2.45, 2.75) is 38.8 Å². The van der Waals surface area contributed by atoms with E-state index in [2.05, 4.69) is 31.8 Å². The molecule has 2 unspecified atom stereocenters. The quantitative estimate of drug-likeness (QED) is 0.585. The van der Waals surface area contributed by atoms with Gasteiger partial charge in [-0.25, -0.2) is 0 Å². The van der Waals surface area contributed by atoms with Crippen LogP contribution in [-0.4, -0.2) is 12.1 Å². The molecule has 3 atom stereocenters. The summed E-state index contributed by atoms with van der Waals surface area (Å²) < 4.78 is 0. The van der Waals surface area contributed by atoms with E-state index in [1.165, 1.54) is 12.0 Å². The summed E-state index contributed by atoms with van der Waals surface area (Å²) >= 11 is 0. The third-order valence-electron chi connectivity index (χ3n) is 3.30. The Morgan fingerprint density at radius 1 is 1.67 bits per heavy atom. The number of allylic oxidation sites excluding steroid dienone is 1. The number of hydrogen-bond acceptors (Lipinski definition) is 1. The van der Waals surface area contributed by atoms with Gasteiger partial charge in [-0.15, -0.1) is 0 Å². The van der Waals surface area contributed by atoms with E-state index in [0.717, 1.165) is 18.4 Å². The lowest BCUT2D eigenvalue weighted by atomic mass is 9.81. The van der Waals surface area contributed by atoms with E-state index in [1.54, 1.807) is 5.57 Å². The van der Waals surface area contributed by atoms with Gasteiger partial charge in [-0.2, -0.15) is 0 Å². The fraction of sp³-hybridized carbons (Fsp3) is 0.636. The number of rotatable bonds is 1. The van der Waals surface area contributed by atoms with Gasteiger partial charge in [0.2, 0.25) is 0 Å². The van der Waals surface area contributed by atoms with Crippen LogP contribution in [0.1, 0.15) is 26.7 Å². The van der Waals surface area contributed by atoms with Gasteiger partial charge in [0.1, 0.15) is 0 Å². The van der Waals surface area contributed by atoms with Crippen molar-refractivity contribution in [1.82, 2.24) is 5.32 Å². The Labute approximate surface area is 74.5 Å². The van der Waals surface area contributed by atoms with Crippen LogP contribution in [0.2, 0.25) is 0 Å². The summed E-state index contributed by atoms with van der Waals surface area (Å²) in [6.45, 7) is 8.50. The fourth-order valence-corrected chi connectivity index (χ4v) is 2.55. The first-order chi connectivity index (χ1) is 5.77. The van der Waals surface area contributed by atoms with Gasteiger partial charge in [-0.1, -0.05) is 30.7 Å². The molecule has 0 amide bonds. The van der Waals surface area contributed by atoms with Gasteiger partial charge in [-0.3, -0.25) is 0 Å². The van der Waals surface area contributed by atoms with Gasteiger partial charge in [0.05, 0.1) is 0 Å². The summed E-state index contributed by atoms with van der Waals surface area (Å²) in [5.41, 5.74) is 2.99. The molecule has 0 bridgehead atoms. The van der Waals surface area contributed by atoms with Crippen molar-refractivity contribution >= 4 is 0 Å². The Balaban J connectivity index is 2.18. The van der Waals surface area contributed by atoms with Crippen molar-refractivity contribution in [3.05, 3.63) is 23.8 Å². The second-order valence-corrected chi connectivity index (χ2v) is 3.88. The molecular weight excluding hydrogens is 146 g/mol. The second-order valence-electron chi connectivity index (χ2n) is 3.88. The predicted molar refractivity (Wildman–Crippen MR) is 52.0 cm³/mol. The third-order valence-corrected chi connectivity index (χ3v) is 3.30. The first kappa shape index (κ1) is 8.06. The average molecular weight is 163 g/mol. The molecule has 1 nitrogen and oxygen atoms in total. The van der Waals surface area contributed by atoms with Crippen LogP contribution in [0.5, 0.6) is 0 Å². The van der Waals surface area contributed by atoms with Crippen LogP contribution in [0.25, 0.3) is 0 Å². The monoisotopic (exact) mass is 163 g/mol. The lowest BCUT2D eigenvalue weighted by molar-refractivity contribution is 0.219. The van der Waals surface area contributed by atoms with Gasteiger partial charge in [0.15, 0.2) is 0 Å². The maximum absolute atomic E-state index is 4.10. The highest BCUT2D eigenvalue weighted by Crippen LogP contribution is 2.44. The molecule has 1 N–H and O–H groups in total. The standard InChI is InChI=1S/C11H17N/c1-4-8-6-7(3)11-10(8)9(5-2)12-11/h4,9-12H,3,5-6H2,1-2H3/b8-4-/t9-,10?,11?/m0/s1. The molecule has 0 aromatic carbocycles. The molecule has 1 aliphatic carbocycles. The molecule has 2 fully saturated rings. The largest absolute Gasteiger partial charge is 0.306 e.